The lowest BCUT2D eigenvalue weighted by Gasteiger charge is -2.34. The highest BCUT2D eigenvalue weighted by molar-refractivity contribution is 7.82. The lowest BCUT2D eigenvalue weighted by Crippen LogP contribution is -2.60. The number of piperazine rings is 1. The molecular weight excluding hydrogens is 2060 g/mol. The Morgan fingerprint density at radius 3 is 0.965 bits per heavy atom. The number of nitrogens with one attached hydrogen (secondary N) is 7. The Labute approximate surface area is 822 Å². The molecule has 67 nitrogen and oxygen atoms in total. The molecule has 17 atom stereocenters. The van der Waals surface area contributed by atoms with Crippen molar-refractivity contribution in [2.45, 2.75) is 232 Å². The maximum absolute atomic E-state index is 12.5. The molecule has 5 unspecified atom stereocenters. The van der Waals surface area contributed by atoms with Gasteiger partial charge in [0.15, 0.2) is 5.78 Å². The number of amides is 21. The van der Waals surface area contributed by atoms with Crippen molar-refractivity contribution in [3.05, 3.63) is 0 Å². The number of fused-ring (bicyclic) bond motifs is 12. The standard InChI is InChI=1S/C12H19N5O7S.C12H21N5O6S.2C12H18N4O7S.C12H20N4O6S.C11H17N5O7S/c1-15(11(19)7-4-8(7)13)14-10(18)9-3-2-6-5-16(9)12(20)17(6)24-25(21,22)23;13-8-2-1-5-15(6-8)14-11(18)10-4-3-9-7-16(10)12(19)17(9)23-24(20,21)22;13-8-3-7(8)10(17)4-14-11(18)9-2-1-6-5-15(9)12(19)16(6)23-24(20,21)22;17-10-3-1-2-6-15(10)13-11(18)9-5-4-8-7-14(9)12(19)16(8)23-24(20,21)22;17-11(13-14-6-2-1-3-7-14)10-5-4-9-8-15(10)12(18)16(9)22-23(19,20)21;17-9-5-12-3-4-15(9)13-10(18)8-2-1-7-6-14(8)11(19)16(7)23-24(20,21)22/h6-9H,2-5,13H2,1H3,(H,14,18)(H,21,22,23);8-10H,1-7,13H2,(H,14,18)(H,20,21,22);6-9H,1-5,13H2,(H,14,18)(H,20,21,22);8-9H,1-7H2,(H,13,18)(H,20,21,22);9-10H,1-8H2,(H,13,17)(H,19,20,21);7-8,12H,1-6H2,(H,13,18)(H,20,21,22)/t6-,7?,8?,9+;8?,9-,10+;6-,7?,8?,9+;8-,9+;9-,10+;7-,8+/m111111/s1. The van der Waals surface area contributed by atoms with Crippen molar-refractivity contribution in [1.82, 2.24) is 123 Å². The number of carbonyl (C=O) groups excluding carboxylic acids is 16. The summed E-state index contributed by atoms with van der Waals surface area (Å²) in [7, 11) is -27.5. The van der Waals surface area contributed by atoms with Crippen LogP contribution in [-0.4, -0.2) is 454 Å². The van der Waals surface area contributed by atoms with E-state index in [9.17, 15) is 127 Å². The van der Waals surface area contributed by atoms with Gasteiger partial charge in [-0.2, -0.15) is 80.9 Å². The molecular formula is C71H113N27O40S6. The highest BCUT2D eigenvalue weighted by Gasteiger charge is 2.57. The maximum atomic E-state index is 12.5. The molecule has 0 spiro atoms. The van der Waals surface area contributed by atoms with E-state index in [1.807, 2.05) is 5.01 Å². The molecule has 2 aliphatic carbocycles. The molecule has 0 aromatic rings. The molecule has 0 aromatic carbocycles. The second kappa shape index (κ2) is 45.1. The van der Waals surface area contributed by atoms with Gasteiger partial charge in [-0.1, -0.05) is 6.42 Å². The predicted molar refractivity (Wildman–Crippen MR) is 468 cm³/mol. The smallest absolute Gasteiger partial charge is 0.347 e. The van der Waals surface area contributed by atoms with Gasteiger partial charge < -0.3 is 57.2 Å². The van der Waals surface area contributed by atoms with E-state index in [4.69, 9.17) is 44.5 Å². The van der Waals surface area contributed by atoms with Crippen LogP contribution in [0.1, 0.15) is 141 Å². The third-order valence-electron chi connectivity index (χ3n) is 26.5. The lowest BCUT2D eigenvalue weighted by molar-refractivity contribution is -0.145. The van der Waals surface area contributed by atoms with Crippen molar-refractivity contribution in [2.75, 3.05) is 105 Å². The monoisotopic (exact) mass is 2180 g/mol. The highest BCUT2D eigenvalue weighted by Crippen LogP contribution is 2.39. The summed E-state index contributed by atoms with van der Waals surface area (Å²) >= 11 is 0. The first-order valence-corrected chi connectivity index (χ1v) is 53.9. The Kier molecular flexibility index (Phi) is 34.6. The minimum Gasteiger partial charge on any atom is -0.347 e. The SMILES string of the molecule is CN(NC(=O)[C@@H]1CC[C@@H]2CN1C(=O)N2OS(=O)(=O)O)C(=O)C1CC1N.NC1CC1C(=O)CNC(=O)[C@@H]1CC[C@@H]2CN1C(=O)N2OS(=O)(=O)O.NC1CCCN(NC(=O)[C@@H]2CC[C@@H]3CN2C(=O)N3OS(=O)(=O)O)C1.O=C(NN1CCCCC1)[C@@H]1CC[C@@H]2CN1C(=O)N2OS(=O)(=O)O.O=C(NN1CCCCC1=O)[C@@H]1CC[C@@H]2CN1C(=O)N2OS(=O)(=O)O.O=C(NN1CCNCC1=O)[C@@H]1CC[C@@H]2CN1C(=O)N2OS(=O)(=O)O. The van der Waals surface area contributed by atoms with Crippen LogP contribution < -0.4 is 55.0 Å². The fourth-order valence-electron chi connectivity index (χ4n) is 19.3. The number of urea groups is 6. The van der Waals surface area contributed by atoms with Crippen LogP contribution in [0.4, 0.5) is 28.8 Å². The molecule has 2 saturated carbocycles. The number of rotatable bonds is 26. The maximum Gasteiger partial charge on any atom is 0.418 e. The van der Waals surface area contributed by atoms with Crippen LogP contribution >= 0.6 is 0 Å². The van der Waals surface area contributed by atoms with Gasteiger partial charge in [-0.25, -0.2) is 38.8 Å². The van der Waals surface area contributed by atoms with E-state index < -0.39 is 195 Å². The summed E-state index contributed by atoms with van der Waals surface area (Å²) in [6.45, 7) is 4.82. The summed E-state index contributed by atoms with van der Waals surface area (Å²) in [5.41, 5.74) is 30.1. The number of ketones is 1. The quantitative estimate of drug-likeness (QED) is 0.0282. The Bertz CT molecular complexity index is 5580. The molecule has 18 aliphatic rings. The predicted octanol–water partition coefficient (Wildman–Crippen LogP) is -9.72. The van der Waals surface area contributed by atoms with Gasteiger partial charge in [0.1, 0.15) is 36.3 Å². The number of nitrogens with two attached hydrogens (primary N) is 3. The van der Waals surface area contributed by atoms with Crippen LogP contribution in [0.25, 0.3) is 0 Å². The number of hydrogen-bond donors (Lipinski definition) is 16. The molecule has 16 saturated heterocycles. The zero-order valence-electron chi connectivity index (χ0n) is 76.8. The molecule has 18 fully saturated rings. The normalized spacial score (nSPS) is 29.8. The Balaban J connectivity index is 0.000000145. The Morgan fingerprint density at radius 2 is 0.653 bits per heavy atom. The lowest BCUT2D eigenvalue weighted by atomic mass is 10.0. The van der Waals surface area contributed by atoms with Crippen molar-refractivity contribution < 1.29 is 180 Å². The molecule has 18 rings (SSSR count). The number of hydrazine groups is 5. The van der Waals surface area contributed by atoms with Gasteiger partial charge in [0, 0.05) is 116 Å². The third-order valence-corrected chi connectivity index (χ3v) is 28.6. The number of hydroxylamine groups is 12. The van der Waals surface area contributed by atoms with Crippen molar-refractivity contribution in [3.8, 4) is 0 Å². The van der Waals surface area contributed by atoms with Gasteiger partial charge in [-0.05, 0) is 128 Å². The molecule has 21 amide bonds. The summed E-state index contributed by atoms with van der Waals surface area (Å²) in [5.74, 6) is -4.11. The number of piperidine rings is 9. The molecule has 19 N–H and O–H groups in total. The van der Waals surface area contributed by atoms with Crippen LogP contribution in [0.15, 0.2) is 0 Å². The summed E-state index contributed by atoms with van der Waals surface area (Å²) in [5, 5.41) is 16.0. The van der Waals surface area contributed by atoms with Crippen LogP contribution in [0.2, 0.25) is 0 Å². The van der Waals surface area contributed by atoms with E-state index in [0.717, 1.165) is 67.9 Å². The molecule has 0 aromatic heterocycles. The average Bonchev–Trinajstić information content (AvgIpc) is 1.64. The van der Waals surface area contributed by atoms with Crippen molar-refractivity contribution >= 4 is 158 Å². The van der Waals surface area contributed by atoms with Crippen LogP contribution in [0.5, 0.6) is 0 Å². The van der Waals surface area contributed by atoms with Gasteiger partial charge in [-0.3, -0.25) is 117 Å². The van der Waals surface area contributed by atoms with E-state index >= 15 is 0 Å². The molecule has 16 aliphatic heterocycles. The van der Waals surface area contributed by atoms with E-state index in [2.05, 4.69) is 63.5 Å². The van der Waals surface area contributed by atoms with Crippen molar-refractivity contribution in [3.63, 3.8) is 0 Å². The molecule has 73 heteroatoms. The minimum absolute atomic E-state index is 0.00172. The van der Waals surface area contributed by atoms with Gasteiger partial charge in [0.25, 0.3) is 35.4 Å². The number of hydrogen-bond acceptors (Lipinski definition) is 40. The summed E-state index contributed by atoms with van der Waals surface area (Å²) in [6, 6.07) is -13.0. The van der Waals surface area contributed by atoms with Crippen molar-refractivity contribution in [2.24, 2.45) is 29.0 Å². The van der Waals surface area contributed by atoms with Gasteiger partial charge in [-0.15, -0.1) is 25.7 Å². The number of carbonyl (C=O) groups is 16. The summed E-state index contributed by atoms with van der Waals surface area (Å²) < 4.78 is 208. The third kappa shape index (κ3) is 28.1. The largest absolute Gasteiger partial charge is 0.418 e. The molecule has 808 valence electrons. The van der Waals surface area contributed by atoms with E-state index in [1.54, 1.807) is 5.01 Å². The Hall–Kier alpha value is -10.5. The first-order valence-electron chi connectivity index (χ1n) is 45.7. The van der Waals surface area contributed by atoms with Crippen LogP contribution in [-0.2, 0) is 136 Å². The molecule has 16 heterocycles. The fourth-order valence-corrected chi connectivity index (χ4v) is 21.6. The fraction of sp³-hybridized carbons (Fsp3) is 0.775. The summed E-state index contributed by atoms with van der Waals surface area (Å²) in [4.78, 5) is 202. The van der Waals surface area contributed by atoms with Crippen LogP contribution in [0.3, 0.4) is 0 Å². The average molecular weight is 2180 g/mol. The zero-order chi connectivity index (χ0) is 105. The summed E-state index contributed by atoms with van der Waals surface area (Å²) in [6.07, 6.45) is 12.2. The zero-order valence-corrected chi connectivity index (χ0v) is 81.7. The van der Waals surface area contributed by atoms with E-state index in [1.165, 1.54) is 41.6 Å². The molecule has 12 bridgehead atoms. The molecule has 144 heavy (non-hydrogen) atoms. The second-order valence-electron chi connectivity index (χ2n) is 36.7. The first kappa shape index (κ1) is 111. The van der Waals surface area contributed by atoms with Crippen LogP contribution in [0, 0.1) is 11.8 Å². The van der Waals surface area contributed by atoms with E-state index in [0.29, 0.717) is 147 Å². The van der Waals surface area contributed by atoms with Gasteiger partial charge in [0.05, 0.1) is 61.8 Å². The number of Topliss-reactive ketones (excluding diaryl/α,β-unsaturated/α-hetero) is 1. The second-order valence-corrected chi connectivity index (χ2v) is 42.7. The topological polar surface area (TPSA) is 872 Å². The highest BCUT2D eigenvalue weighted by atomic mass is 32.3. The molecule has 0 radical (unpaired) electrons. The Morgan fingerprint density at radius 1 is 0.354 bits per heavy atom. The first-order chi connectivity index (χ1) is 67.4. The van der Waals surface area contributed by atoms with Gasteiger partial charge >= 0.3 is 98.6 Å². The van der Waals surface area contributed by atoms with E-state index in [-0.39, 0.29) is 130 Å². The van der Waals surface area contributed by atoms with Crippen molar-refractivity contribution in [1.29, 1.82) is 0 Å². The minimum atomic E-state index is -4.84. The van der Waals surface area contributed by atoms with Gasteiger partial charge in [0.2, 0.25) is 17.7 Å². The number of nitrogens with zero attached hydrogens (tertiary/aromatic N) is 17.